The molecule has 2 heterocycles. The molecule has 3 aromatic rings. The number of para-hydroxylation sites is 1. The topological polar surface area (TPSA) is 81.7 Å². The minimum Gasteiger partial charge on any atom is -0.496 e. The first kappa shape index (κ1) is 13.9. The van der Waals surface area contributed by atoms with Crippen LogP contribution in [-0.2, 0) is 6.54 Å². The molecule has 0 aliphatic carbocycles. The van der Waals surface area contributed by atoms with Gasteiger partial charge in [0.2, 0.25) is 11.5 Å². The first-order valence-electron chi connectivity index (χ1n) is 6.68. The third-order valence-electron chi connectivity index (χ3n) is 3.32. The zero-order valence-corrected chi connectivity index (χ0v) is 11.9. The van der Waals surface area contributed by atoms with Crippen LogP contribution in [0.4, 0.5) is 11.6 Å². The van der Waals surface area contributed by atoms with Gasteiger partial charge in [0.05, 0.1) is 13.3 Å². The number of rotatable bonds is 5. The minimum absolute atomic E-state index is 0.0782. The molecule has 112 valence electrons. The van der Waals surface area contributed by atoms with Gasteiger partial charge in [-0.15, -0.1) is 0 Å². The molecule has 0 radical (unpaired) electrons. The summed E-state index contributed by atoms with van der Waals surface area (Å²) in [4.78, 5) is 15.1. The van der Waals surface area contributed by atoms with Gasteiger partial charge < -0.3 is 20.2 Å². The molecule has 0 saturated carbocycles. The van der Waals surface area contributed by atoms with Crippen LogP contribution >= 0.6 is 0 Å². The van der Waals surface area contributed by atoms with Crippen LogP contribution in [0.2, 0.25) is 0 Å². The lowest BCUT2D eigenvalue weighted by atomic mass is 10.2. The third-order valence-corrected chi connectivity index (χ3v) is 3.32. The number of nitro groups is 1. The van der Waals surface area contributed by atoms with E-state index in [4.69, 9.17) is 4.74 Å². The Morgan fingerprint density at radius 2 is 2.05 bits per heavy atom. The van der Waals surface area contributed by atoms with Gasteiger partial charge in [-0.05, 0) is 17.1 Å². The van der Waals surface area contributed by atoms with E-state index < -0.39 is 4.92 Å². The Morgan fingerprint density at radius 3 is 2.82 bits per heavy atom. The van der Waals surface area contributed by atoms with Gasteiger partial charge in [-0.3, -0.25) is 0 Å². The first-order chi connectivity index (χ1) is 10.7. The summed E-state index contributed by atoms with van der Waals surface area (Å²) in [6.45, 7) is 0.384. The molecule has 0 saturated heterocycles. The second-order valence-corrected chi connectivity index (χ2v) is 4.64. The number of hydrogen-bond acceptors (Lipinski definition) is 5. The van der Waals surface area contributed by atoms with Crippen LogP contribution in [0.25, 0.3) is 5.65 Å². The SMILES string of the molecule is COc1ccccc1CNc1nc2ccccn2c1[N+](=O)[O-]. The number of nitrogens with one attached hydrogen (secondary N) is 1. The van der Waals surface area contributed by atoms with Crippen LogP contribution in [0.1, 0.15) is 5.56 Å². The average molecular weight is 298 g/mol. The molecule has 7 heteroatoms. The number of hydrogen-bond donors (Lipinski definition) is 1. The minimum atomic E-state index is -0.440. The van der Waals surface area contributed by atoms with Crippen LogP contribution in [0.15, 0.2) is 48.7 Å². The number of anilines is 1. The number of aromatic nitrogens is 2. The molecule has 0 atom stereocenters. The summed E-state index contributed by atoms with van der Waals surface area (Å²) in [7, 11) is 1.59. The van der Waals surface area contributed by atoms with Gasteiger partial charge in [0.1, 0.15) is 5.75 Å². The van der Waals surface area contributed by atoms with Gasteiger partial charge in [-0.1, -0.05) is 24.3 Å². The van der Waals surface area contributed by atoms with Crippen molar-refractivity contribution in [2.75, 3.05) is 12.4 Å². The van der Waals surface area contributed by atoms with Gasteiger partial charge >= 0.3 is 5.82 Å². The number of nitrogens with zero attached hydrogens (tertiary/aromatic N) is 3. The molecular weight excluding hydrogens is 284 g/mol. The molecule has 0 amide bonds. The maximum atomic E-state index is 11.3. The first-order valence-corrected chi connectivity index (χ1v) is 6.68. The second-order valence-electron chi connectivity index (χ2n) is 4.64. The number of pyridine rings is 1. The number of benzene rings is 1. The summed E-state index contributed by atoms with van der Waals surface area (Å²) in [6, 6.07) is 12.7. The summed E-state index contributed by atoms with van der Waals surface area (Å²) in [5.41, 5.74) is 1.42. The quantitative estimate of drug-likeness (QED) is 0.578. The predicted octanol–water partition coefficient (Wildman–Crippen LogP) is 2.86. The van der Waals surface area contributed by atoms with Crippen molar-refractivity contribution in [3.8, 4) is 5.75 Å². The normalized spacial score (nSPS) is 10.6. The lowest BCUT2D eigenvalue weighted by Gasteiger charge is -2.08. The average Bonchev–Trinajstić information content (AvgIpc) is 2.91. The molecule has 1 aromatic carbocycles. The summed E-state index contributed by atoms with van der Waals surface area (Å²) in [6.07, 6.45) is 1.62. The fraction of sp³-hybridized carbons (Fsp3) is 0.133. The van der Waals surface area contributed by atoms with E-state index in [-0.39, 0.29) is 11.6 Å². The Bertz CT molecular complexity index is 829. The summed E-state index contributed by atoms with van der Waals surface area (Å²) >= 11 is 0. The smallest absolute Gasteiger partial charge is 0.372 e. The van der Waals surface area contributed by atoms with Crippen molar-refractivity contribution < 1.29 is 9.66 Å². The lowest BCUT2D eigenvalue weighted by molar-refractivity contribution is -0.389. The highest BCUT2D eigenvalue weighted by Crippen LogP contribution is 2.26. The zero-order valence-electron chi connectivity index (χ0n) is 11.9. The van der Waals surface area contributed by atoms with Crippen LogP contribution < -0.4 is 10.1 Å². The highest BCUT2D eigenvalue weighted by Gasteiger charge is 2.22. The summed E-state index contributed by atoms with van der Waals surface area (Å²) in [5, 5.41) is 14.3. The molecule has 3 rings (SSSR count). The van der Waals surface area contributed by atoms with Crippen molar-refractivity contribution in [3.63, 3.8) is 0 Å². The maximum Gasteiger partial charge on any atom is 0.372 e. The van der Waals surface area contributed by atoms with E-state index in [0.717, 1.165) is 11.3 Å². The summed E-state index contributed by atoms with van der Waals surface area (Å²) in [5.74, 6) is 0.883. The van der Waals surface area contributed by atoms with Crippen molar-refractivity contribution in [3.05, 3.63) is 64.3 Å². The standard InChI is InChI=1S/C15H14N4O3/c1-22-12-7-3-2-6-11(12)10-16-14-15(19(20)21)18-9-5-4-8-13(18)17-14/h2-9,16H,10H2,1H3. The predicted molar refractivity (Wildman–Crippen MR) is 82.2 cm³/mol. The van der Waals surface area contributed by atoms with Crippen molar-refractivity contribution >= 4 is 17.3 Å². The van der Waals surface area contributed by atoms with Gasteiger partial charge in [-0.2, -0.15) is 9.38 Å². The molecular formula is C15H14N4O3. The Balaban J connectivity index is 1.94. The molecule has 2 aromatic heterocycles. The van der Waals surface area contributed by atoms with E-state index in [1.54, 1.807) is 31.5 Å². The highest BCUT2D eigenvalue weighted by atomic mass is 16.6. The molecule has 0 bridgehead atoms. The number of ether oxygens (including phenoxy) is 1. The van der Waals surface area contributed by atoms with Crippen LogP contribution in [-0.4, -0.2) is 21.4 Å². The molecule has 22 heavy (non-hydrogen) atoms. The Hall–Kier alpha value is -3.09. The molecule has 0 fully saturated rings. The third kappa shape index (κ3) is 2.44. The maximum absolute atomic E-state index is 11.3. The number of imidazole rings is 1. The van der Waals surface area contributed by atoms with Crippen LogP contribution in [0, 0.1) is 10.1 Å². The van der Waals surface area contributed by atoms with E-state index in [1.165, 1.54) is 4.40 Å². The molecule has 0 aliphatic heterocycles. The van der Waals surface area contributed by atoms with Crippen molar-refractivity contribution in [2.45, 2.75) is 6.54 Å². The lowest BCUT2D eigenvalue weighted by Crippen LogP contribution is -2.04. The van der Waals surface area contributed by atoms with E-state index in [9.17, 15) is 10.1 Å². The van der Waals surface area contributed by atoms with Gasteiger partial charge in [0, 0.05) is 18.2 Å². The van der Waals surface area contributed by atoms with Crippen LogP contribution in [0.3, 0.4) is 0 Å². The van der Waals surface area contributed by atoms with Crippen LogP contribution in [0.5, 0.6) is 5.75 Å². The Morgan fingerprint density at radius 1 is 1.27 bits per heavy atom. The molecule has 0 spiro atoms. The monoisotopic (exact) mass is 298 g/mol. The Kier molecular flexibility index (Phi) is 3.61. The zero-order chi connectivity index (χ0) is 15.5. The van der Waals surface area contributed by atoms with Gasteiger partial charge in [0.25, 0.3) is 0 Å². The van der Waals surface area contributed by atoms with Crippen molar-refractivity contribution in [2.24, 2.45) is 0 Å². The molecule has 7 nitrogen and oxygen atoms in total. The number of methoxy groups -OCH3 is 1. The largest absolute Gasteiger partial charge is 0.496 e. The molecule has 1 N–H and O–H groups in total. The second kappa shape index (κ2) is 5.72. The number of fused-ring (bicyclic) bond motifs is 1. The Labute approximate surface area is 126 Å². The van der Waals surface area contributed by atoms with E-state index in [1.807, 2.05) is 24.3 Å². The van der Waals surface area contributed by atoms with E-state index in [0.29, 0.717) is 12.2 Å². The molecule has 0 aliphatic rings. The van der Waals surface area contributed by atoms with E-state index >= 15 is 0 Å². The van der Waals surface area contributed by atoms with Gasteiger partial charge in [-0.25, -0.2) is 0 Å². The van der Waals surface area contributed by atoms with E-state index in [2.05, 4.69) is 10.3 Å². The van der Waals surface area contributed by atoms with Gasteiger partial charge in [0.15, 0.2) is 0 Å². The van der Waals surface area contributed by atoms with Crippen molar-refractivity contribution in [1.29, 1.82) is 0 Å². The molecule has 0 unspecified atom stereocenters. The fourth-order valence-corrected chi connectivity index (χ4v) is 2.30. The fourth-order valence-electron chi connectivity index (χ4n) is 2.30. The van der Waals surface area contributed by atoms with Crippen molar-refractivity contribution in [1.82, 2.24) is 9.38 Å². The highest BCUT2D eigenvalue weighted by molar-refractivity contribution is 5.62. The summed E-state index contributed by atoms with van der Waals surface area (Å²) < 4.78 is 6.72.